The molecule has 0 radical (unpaired) electrons. The van der Waals surface area contributed by atoms with E-state index < -0.39 is 35.1 Å². The van der Waals surface area contributed by atoms with Gasteiger partial charge in [0.2, 0.25) is 0 Å². The molecule has 2 atom stereocenters. The standard InChI is InChI=1S/C36H61N3O4/c1-6-7-8-9-10-11-12-13-14-15-16-17-18-19-20-24-27-38-33(41)36(35(4,5)28-30-25-22-21-23-26-30)39(34(42)43-36)32(40)31(37)29(2)3/h21-23,25-26,29,31H,6-20,24,27-28,37H2,1-5H3,(H,38,41)/t31-,36-/m0/s1. The van der Waals surface area contributed by atoms with Crippen LogP contribution < -0.4 is 11.1 Å². The van der Waals surface area contributed by atoms with E-state index in [1.165, 1.54) is 83.5 Å². The van der Waals surface area contributed by atoms with Crippen molar-refractivity contribution in [2.45, 2.75) is 156 Å². The lowest BCUT2D eigenvalue weighted by atomic mass is 9.72. The number of nitrogens with two attached hydrogens (primary N) is 1. The van der Waals surface area contributed by atoms with Crippen molar-refractivity contribution in [1.82, 2.24) is 10.2 Å². The quantitative estimate of drug-likeness (QED) is 0.123. The number of amides is 3. The number of nitrogens with one attached hydrogen (secondary N) is 1. The number of unbranched alkanes of at least 4 members (excludes halogenated alkanes) is 15. The predicted octanol–water partition coefficient (Wildman–Crippen LogP) is 8.29. The second-order valence-corrected chi connectivity index (χ2v) is 13.6. The first-order valence-electron chi connectivity index (χ1n) is 17.2. The summed E-state index contributed by atoms with van der Waals surface area (Å²) in [5.41, 5.74) is 4.50. The highest BCUT2D eigenvalue weighted by Gasteiger charge is 2.70. The summed E-state index contributed by atoms with van der Waals surface area (Å²) in [6.45, 7) is 10.1. The number of rotatable bonds is 23. The number of carbonyl (C=O) groups is 3. The minimum absolute atomic E-state index is 0.191. The highest BCUT2D eigenvalue weighted by Crippen LogP contribution is 2.47. The van der Waals surface area contributed by atoms with Crippen LogP contribution in [-0.4, -0.2) is 41.1 Å². The number of imide groups is 1. The number of nitrogens with zero attached hydrogens (tertiary/aromatic N) is 1. The van der Waals surface area contributed by atoms with E-state index in [9.17, 15) is 14.4 Å². The molecule has 43 heavy (non-hydrogen) atoms. The van der Waals surface area contributed by atoms with Gasteiger partial charge in [-0.3, -0.25) is 9.59 Å². The van der Waals surface area contributed by atoms with Gasteiger partial charge in [0.15, 0.2) is 0 Å². The molecule has 1 aliphatic rings. The fourth-order valence-corrected chi connectivity index (χ4v) is 6.10. The molecule has 1 fully saturated rings. The van der Waals surface area contributed by atoms with Gasteiger partial charge < -0.3 is 15.8 Å². The van der Waals surface area contributed by atoms with E-state index in [4.69, 9.17) is 10.5 Å². The van der Waals surface area contributed by atoms with Crippen LogP contribution in [0.25, 0.3) is 0 Å². The van der Waals surface area contributed by atoms with Gasteiger partial charge in [-0.2, -0.15) is 4.90 Å². The van der Waals surface area contributed by atoms with E-state index in [1.54, 1.807) is 0 Å². The summed E-state index contributed by atoms with van der Waals surface area (Å²) >= 11 is 0. The summed E-state index contributed by atoms with van der Waals surface area (Å²) in [5.74, 6) is -1.23. The number of hydrogen-bond acceptors (Lipinski definition) is 5. The van der Waals surface area contributed by atoms with Crippen LogP contribution in [0.15, 0.2) is 30.3 Å². The van der Waals surface area contributed by atoms with Gasteiger partial charge in [0, 0.05) is 12.0 Å². The van der Waals surface area contributed by atoms with Gasteiger partial charge in [-0.1, -0.05) is 161 Å². The maximum Gasteiger partial charge on any atom is 0.422 e. The molecule has 7 nitrogen and oxygen atoms in total. The highest BCUT2D eigenvalue weighted by molar-refractivity contribution is 6.07. The Kier molecular flexibility index (Phi) is 16.3. The van der Waals surface area contributed by atoms with E-state index in [-0.39, 0.29) is 5.92 Å². The third kappa shape index (κ3) is 10.9. The Morgan fingerprint density at radius 2 is 1.30 bits per heavy atom. The number of carbonyl (C=O) groups excluding carboxylic acids is 3. The van der Waals surface area contributed by atoms with Crippen molar-refractivity contribution in [2.75, 3.05) is 6.54 Å². The summed E-state index contributed by atoms with van der Waals surface area (Å²) in [6, 6.07) is 8.82. The summed E-state index contributed by atoms with van der Waals surface area (Å²) in [4.78, 5) is 40.8. The lowest BCUT2D eigenvalue weighted by Crippen LogP contribution is -2.80. The third-order valence-electron chi connectivity index (χ3n) is 8.99. The van der Waals surface area contributed by atoms with Crippen LogP contribution >= 0.6 is 0 Å². The molecule has 0 spiro atoms. The Labute approximate surface area is 262 Å². The number of benzene rings is 1. The van der Waals surface area contributed by atoms with Crippen LogP contribution in [0.3, 0.4) is 0 Å². The van der Waals surface area contributed by atoms with Gasteiger partial charge in [-0.05, 0) is 24.3 Å². The maximum atomic E-state index is 13.8. The van der Waals surface area contributed by atoms with E-state index in [2.05, 4.69) is 12.2 Å². The van der Waals surface area contributed by atoms with E-state index >= 15 is 0 Å². The molecule has 0 saturated carbocycles. The predicted molar refractivity (Wildman–Crippen MR) is 175 cm³/mol. The molecule has 7 heteroatoms. The second-order valence-electron chi connectivity index (χ2n) is 13.6. The van der Waals surface area contributed by atoms with Crippen molar-refractivity contribution < 1.29 is 19.1 Å². The van der Waals surface area contributed by atoms with Crippen LogP contribution in [0.2, 0.25) is 0 Å². The lowest BCUT2D eigenvalue weighted by molar-refractivity contribution is -0.235. The Balaban J connectivity index is 1.78. The summed E-state index contributed by atoms with van der Waals surface area (Å²) in [7, 11) is 0. The first kappa shape index (κ1) is 36.8. The fraction of sp³-hybridized carbons (Fsp3) is 0.750. The molecule has 0 unspecified atom stereocenters. The zero-order valence-corrected chi connectivity index (χ0v) is 27.9. The largest absolute Gasteiger partial charge is 0.422 e. The molecule has 0 aromatic heterocycles. The zero-order chi connectivity index (χ0) is 31.7. The molecule has 2 rings (SSSR count). The van der Waals surface area contributed by atoms with Crippen LogP contribution in [0.4, 0.5) is 4.79 Å². The monoisotopic (exact) mass is 599 g/mol. The molecule has 1 aliphatic heterocycles. The van der Waals surface area contributed by atoms with Crippen molar-refractivity contribution in [3.05, 3.63) is 35.9 Å². The number of hydrogen-bond donors (Lipinski definition) is 2. The third-order valence-corrected chi connectivity index (χ3v) is 8.99. The van der Waals surface area contributed by atoms with Gasteiger partial charge in [0.25, 0.3) is 17.5 Å². The molecule has 0 bridgehead atoms. The summed E-state index contributed by atoms with van der Waals surface area (Å²) in [6.07, 6.45) is 20.2. The first-order valence-corrected chi connectivity index (χ1v) is 17.2. The molecular formula is C36H61N3O4. The average molecular weight is 600 g/mol. The molecule has 244 valence electrons. The van der Waals surface area contributed by atoms with Gasteiger partial charge in [-0.25, -0.2) is 4.79 Å². The van der Waals surface area contributed by atoms with Crippen LogP contribution in [0, 0.1) is 11.3 Å². The minimum atomic E-state index is -1.75. The molecule has 1 saturated heterocycles. The fourth-order valence-electron chi connectivity index (χ4n) is 6.10. The molecule has 1 heterocycles. The summed E-state index contributed by atoms with van der Waals surface area (Å²) < 4.78 is 5.67. The molecule has 1 aromatic carbocycles. The van der Waals surface area contributed by atoms with Crippen molar-refractivity contribution >= 4 is 17.9 Å². The number of ether oxygens (including phenoxy) is 1. The molecule has 0 aliphatic carbocycles. The Morgan fingerprint density at radius 3 is 1.74 bits per heavy atom. The van der Waals surface area contributed by atoms with Gasteiger partial charge in [-0.15, -0.1) is 0 Å². The lowest BCUT2D eigenvalue weighted by Gasteiger charge is -2.55. The van der Waals surface area contributed by atoms with E-state index in [0.29, 0.717) is 13.0 Å². The molecule has 1 aromatic rings. The van der Waals surface area contributed by atoms with Crippen LogP contribution in [-0.2, 0) is 20.7 Å². The first-order chi connectivity index (χ1) is 20.6. The van der Waals surface area contributed by atoms with Crippen LogP contribution in [0.1, 0.15) is 143 Å². The molecule has 3 N–H and O–H groups in total. The second kappa shape index (κ2) is 19.1. The Hall–Kier alpha value is -2.41. The smallest absolute Gasteiger partial charge is 0.411 e. The van der Waals surface area contributed by atoms with E-state index in [1.807, 2.05) is 58.0 Å². The van der Waals surface area contributed by atoms with Crippen molar-refractivity contribution in [3.63, 3.8) is 0 Å². The number of cyclic esters (lactones) is 1. The van der Waals surface area contributed by atoms with Crippen LogP contribution in [0.5, 0.6) is 0 Å². The van der Waals surface area contributed by atoms with Gasteiger partial charge in [0.05, 0.1) is 6.04 Å². The average Bonchev–Trinajstić information content (AvgIpc) is 2.96. The SMILES string of the molecule is CCCCCCCCCCCCCCCCCCNC(=O)[C@@]1(C(C)(C)Cc2ccccc2)OC(=O)N1C(=O)[C@@H](N)C(C)C. The normalized spacial score (nSPS) is 17.5. The Bertz CT molecular complexity index is 965. The molecule has 3 amide bonds. The van der Waals surface area contributed by atoms with Crippen molar-refractivity contribution in [2.24, 2.45) is 17.1 Å². The topological polar surface area (TPSA) is 102 Å². The maximum absolute atomic E-state index is 13.8. The minimum Gasteiger partial charge on any atom is -0.411 e. The van der Waals surface area contributed by atoms with Crippen molar-refractivity contribution in [3.8, 4) is 0 Å². The molecular weight excluding hydrogens is 538 g/mol. The van der Waals surface area contributed by atoms with Gasteiger partial charge in [0.1, 0.15) is 0 Å². The zero-order valence-electron chi connectivity index (χ0n) is 27.9. The Morgan fingerprint density at radius 1 is 0.837 bits per heavy atom. The highest BCUT2D eigenvalue weighted by atomic mass is 16.6. The van der Waals surface area contributed by atoms with Gasteiger partial charge >= 0.3 is 6.09 Å². The van der Waals surface area contributed by atoms with Crippen molar-refractivity contribution in [1.29, 1.82) is 0 Å². The summed E-state index contributed by atoms with van der Waals surface area (Å²) in [5, 5.41) is 2.99. The van der Waals surface area contributed by atoms with E-state index in [0.717, 1.165) is 29.7 Å².